The van der Waals surface area contributed by atoms with Crippen LogP contribution in [0.3, 0.4) is 0 Å². The molecule has 28 heavy (non-hydrogen) atoms. The summed E-state index contributed by atoms with van der Waals surface area (Å²) in [6, 6.07) is 0. The van der Waals surface area contributed by atoms with E-state index < -0.39 is 0 Å². The molecular weight excluding hydrogens is 340 g/mol. The quantitative estimate of drug-likeness (QED) is 0.527. The highest BCUT2D eigenvalue weighted by molar-refractivity contribution is 5.39. The molecule has 0 saturated heterocycles. The average Bonchev–Trinajstić information content (AvgIpc) is 2.92. The summed E-state index contributed by atoms with van der Waals surface area (Å²) in [7, 11) is 0. The van der Waals surface area contributed by atoms with Crippen LogP contribution in [0.1, 0.15) is 98.8 Å². The lowest BCUT2D eigenvalue weighted by molar-refractivity contribution is 0.0237. The smallest absolute Gasteiger partial charge is 0.0614 e. The molecule has 0 radical (unpaired) electrons. The summed E-state index contributed by atoms with van der Waals surface area (Å²) < 4.78 is 0. The van der Waals surface area contributed by atoms with Crippen molar-refractivity contribution in [3.8, 4) is 0 Å². The third kappa shape index (κ3) is 3.24. The van der Waals surface area contributed by atoms with Gasteiger partial charge in [0.2, 0.25) is 0 Å². The molecule has 1 N–H and O–H groups in total. The van der Waals surface area contributed by atoms with Crippen LogP contribution >= 0.6 is 0 Å². The van der Waals surface area contributed by atoms with E-state index in [0.717, 1.165) is 18.3 Å². The number of allylic oxidation sites excluding steroid dienone is 3. The van der Waals surface area contributed by atoms with Gasteiger partial charge in [-0.1, -0.05) is 83.6 Å². The molecule has 0 heterocycles. The Morgan fingerprint density at radius 3 is 2.61 bits per heavy atom. The van der Waals surface area contributed by atoms with Crippen LogP contribution in [0, 0.1) is 40.4 Å². The second-order valence-corrected chi connectivity index (χ2v) is 11.8. The van der Waals surface area contributed by atoms with Gasteiger partial charge in [-0.2, -0.15) is 0 Å². The van der Waals surface area contributed by atoms with E-state index in [9.17, 15) is 5.11 Å². The van der Waals surface area contributed by atoms with Gasteiger partial charge >= 0.3 is 0 Å². The van der Waals surface area contributed by atoms with E-state index >= 15 is 0 Å². The van der Waals surface area contributed by atoms with E-state index in [2.05, 4.69) is 46.8 Å². The van der Waals surface area contributed by atoms with Crippen LogP contribution in [0.5, 0.6) is 0 Å². The Kier molecular flexibility index (Phi) is 5.62. The molecule has 0 bridgehead atoms. The Morgan fingerprint density at radius 1 is 1.07 bits per heavy atom. The highest BCUT2D eigenvalue weighted by atomic mass is 16.3. The van der Waals surface area contributed by atoms with Crippen molar-refractivity contribution >= 4 is 0 Å². The number of aliphatic hydroxyl groups excluding tert-OH is 1. The first-order chi connectivity index (χ1) is 13.3. The molecule has 4 aliphatic rings. The Balaban J connectivity index is 1.57. The summed E-state index contributed by atoms with van der Waals surface area (Å²) in [6.45, 7) is 12.2. The molecule has 4 aliphatic carbocycles. The van der Waals surface area contributed by atoms with Crippen LogP contribution in [0.25, 0.3) is 0 Å². The van der Waals surface area contributed by atoms with Gasteiger partial charge in [-0.3, -0.25) is 0 Å². The molecule has 3 saturated carbocycles. The van der Waals surface area contributed by atoms with E-state index in [-0.39, 0.29) is 6.10 Å². The minimum atomic E-state index is -0.126. The Labute approximate surface area is 174 Å². The molecule has 1 heteroatoms. The number of hydrogen-bond acceptors (Lipinski definition) is 1. The molecule has 0 aromatic carbocycles. The van der Waals surface area contributed by atoms with Crippen molar-refractivity contribution in [2.75, 3.05) is 0 Å². The first kappa shape index (κ1) is 20.7. The summed E-state index contributed by atoms with van der Waals surface area (Å²) in [5, 5.41) is 11.3. The standard InChI is InChI=1S/C27H44O/c1-18(2)9-8-10-19(3)23-17-24(28)25-21-13-12-20-11-6-7-15-26(20,4)22(21)14-16-27(23,25)5/h12-13,18-19,22-25,28H,6-11,14-17H2,1-5H3/t19-,22+,23-,24-,25-,26+,27-/m1/s1. The molecule has 0 aromatic heterocycles. The van der Waals surface area contributed by atoms with E-state index in [0.29, 0.717) is 28.6 Å². The van der Waals surface area contributed by atoms with E-state index in [4.69, 9.17) is 0 Å². The zero-order chi connectivity index (χ0) is 20.1. The second kappa shape index (κ2) is 7.60. The van der Waals surface area contributed by atoms with Gasteiger partial charge in [-0.25, -0.2) is 0 Å². The Hall–Kier alpha value is -0.560. The zero-order valence-electron chi connectivity index (χ0n) is 19.1. The van der Waals surface area contributed by atoms with Gasteiger partial charge in [0.15, 0.2) is 0 Å². The summed E-state index contributed by atoms with van der Waals surface area (Å²) >= 11 is 0. The highest BCUT2D eigenvalue weighted by Gasteiger charge is 2.59. The fraction of sp³-hybridized carbons (Fsp3) is 0.852. The lowest BCUT2D eigenvalue weighted by atomic mass is 9.50. The van der Waals surface area contributed by atoms with Gasteiger partial charge in [0.1, 0.15) is 0 Å². The molecule has 158 valence electrons. The van der Waals surface area contributed by atoms with Crippen molar-refractivity contribution in [3.05, 3.63) is 23.3 Å². The summed E-state index contributed by atoms with van der Waals surface area (Å²) in [4.78, 5) is 0. The second-order valence-electron chi connectivity index (χ2n) is 11.8. The van der Waals surface area contributed by atoms with Gasteiger partial charge in [-0.05, 0) is 73.0 Å². The highest BCUT2D eigenvalue weighted by Crippen LogP contribution is 2.66. The fourth-order valence-electron chi connectivity index (χ4n) is 8.08. The number of hydrogen-bond donors (Lipinski definition) is 1. The fourth-order valence-corrected chi connectivity index (χ4v) is 8.08. The largest absolute Gasteiger partial charge is 0.392 e. The molecule has 0 amide bonds. The van der Waals surface area contributed by atoms with Crippen LogP contribution in [0.4, 0.5) is 0 Å². The topological polar surface area (TPSA) is 20.2 Å². The molecule has 0 aromatic rings. The third-order valence-electron chi connectivity index (χ3n) is 9.67. The minimum absolute atomic E-state index is 0.126. The molecule has 0 spiro atoms. The van der Waals surface area contributed by atoms with Crippen LogP contribution in [-0.2, 0) is 0 Å². The maximum absolute atomic E-state index is 11.3. The molecule has 3 fully saturated rings. The van der Waals surface area contributed by atoms with E-state index in [1.807, 2.05) is 0 Å². The maximum atomic E-state index is 11.3. The van der Waals surface area contributed by atoms with Crippen LogP contribution < -0.4 is 0 Å². The van der Waals surface area contributed by atoms with Crippen LogP contribution in [0.15, 0.2) is 23.3 Å². The zero-order valence-corrected chi connectivity index (χ0v) is 19.1. The number of rotatable bonds is 5. The molecule has 4 rings (SSSR count). The van der Waals surface area contributed by atoms with Crippen LogP contribution in [0.2, 0.25) is 0 Å². The van der Waals surface area contributed by atoms with Crippen molar-refractivity contribution in [1.82, 2.24) is 0 Å². The Bertz CT molecular complexity index is 643. The van der Waals surface area contributed by atoms with Gasteiger partial charge in [-0.15, -0.1) is 0 Å². The summed E-state index contributed by atoms with van der Waals surface area (Å²) in [5.41, 5.74) is 4.02. The van der Waals surface area contributed by atoms with Crippen molar-refractivity contribution in [2.24, 2.45) is 40.4 Å². The average molecular weight is 385 g/mol. The molecule has 0 unspecified atom stereocenters. The minimum Gasteiger partial charge on any atom is -0.392 e. The predicted molar refractivity (Wildman–Crippen MR) is 119 cm³/mol. The van der Waals surface area contributed by atoms with Crippen molar-refractivity contribution < 1.29 is 5.11 Å². The SMILES string of the molecule is CC(C)CCC[C@@H](C)[C@H]1C[C@@H](O)[C@H]2C3=CC=C4CCCC[C@]4(C)[C@H]3CC[C@]12C. The lowest BCUT2D eigenvalue weighted by Gasteiger charge is -2.55. The maximum Gasteiger partial charge on any atom is 0.0614 e. The lowest BCUT2D eigenvalue weighted by Crippen LogP contribution is -2.47. The monoisotopic (exact) mass is 384 g/mol. The van der Waals surface area contributed by atoms with Gasteiger partial charge < -0.3 is 5.11 Å². The number of fused-ring (bicyclic) bond motifs is 5. The molecular formula is C27H44O. The third-order valence-corrected chi connectivity index (χ3v) is 9.67. The normalized spacial score (nSPS) is 43.7. The van der Waals surface area contributed by atoms with Crippen molar-refractivity contribution in [3.63, 3.8) is 0 Å². The van der Waals surface area contributed by atoms with Gasteiger partial charge in [0.25, 0.3) is 0 Å². The first-order valence-electron chi connectivity index (χ1n) is 12.4. The van der Waals surface area contributed by atoms with Crippen LogP contribution in [-0.4, -0.2) is 11.2 Å². The predicted octanol–water partition coefficient (Wildman–Crippen LogP) is 7.31. The van der Waals surface area contributed by atoms with Gasteiger partial charge in [0, 0.05) is 5.92 Å². The molecule has 0 aliphatic heterocycles. The van der Waals surface area contributed by atoms with Gasteiger partial charge in [0.05, 0.1) is 6.10 Å². The Morgan fingerprint density at radius 2 is 1.86 bits per heavy atom. The summed E-state index contributed by atoms with van der Waals surface area (Å²) in [5.74, 6) is 3.33. The van der Waals surface area contributed by atoms with Crippen molar-refractivity contribution in [1.29, 1.82) is 0 Å². The van der Waals surface area contributed by atoms with E-state index in [1.54, 1.807) is 11.1 Å². The first-order valence-corrected chi connectivity index (χ1v) is 12.4. The molecule has 7 atom stereocenters. The van der Waals surface area contributed by atoms with Crippen molar-refractivity contribution in [2.45, 2.75) is 105 Å². The summed E-state index contributed by atoms with van der Waals surface area (Å²) in [6.07, 6.45) is 18.0. The van der Waals surface area contributed by atoms with E-state index in [1.165, 1.54) is 57.8 Å². The number of aliphatic hydroxyl groups is 1. The molecule has 1 nitrogen and oxygen atoms in total.